The van der Waals surface area contributed by atoms with E-state index in [1.54, 1.807) is 7.11 Å². The topological polar surface area (TPSA) is 44.5 Å². The molecule has 1 aromatic carbocycles. The molecule has 0 fully saturated rings. The number of nitrogen functional groups attached to an aromatic ring is 1. The Morgan fingerprint density at radius 1 is 1.35 bits per heavy atom. The minimum Gasteiger partial charge on any atom is -0.494 e. The zero-order valence-electron chi connectivity index (χ0n) is 10.6. The van der Waals surface area contributed by atoms with E-state index in [2.05, 4.69) is 0 Å². The molecule has 0 saturated carbocycles. The second-order valence-corrected chi connectivity index (χ2v) is 4.80. The third kappa shape index (κ3) is 5.33. The molecule has 0 spiro atoms. The van der Waals surface area contributed by atoms with E-state index in [4.69, 9.17) is 15.2 Å². The summed E-state index contributed by atoms with van der Waals surface area (Å²) in [6.07, 6.45) is 1.08. The maximum atomic E-state index is 5.79. The van der Waals surface area contributed by atoms with E-state index >= 15 is 0 Å². The molecule has 0 aliphatic heterocycles. The molecule has 1 aromatic rings. The van der Waals surface area contributed by atoms with Crippen molar-refractivity contribution in [3.05, 3.63) is 23.8 Å². The van der Waals surface area contributed by atoms with Gasteiger partial charge in [-0.25, -0.2) is 0 Å². The molecule has 17 heavy (non-hydrogen) atoms. The molecule has 0 unspecified atom stereocenters. The summed E-state index contributed by atoms with van der Waals surface area (Å²) in [5, 5.41) is 0. The predicted molar refractivity (Wildman–Crippen MR) is 74.7 cm³/mol. The van der Waals surface area contributed by atoms with Gasteiger partial charge in [-0.15, -0.1) is 0 Å². The van der Waals surface area contributed by atoms with Gasteiger partial charge in [-0.3, -0.25) is 0 Å². The zero-order chi connectivity index (χ0) is 12.5. The Labute approximate surface area is 108 Å². The van der Waals surface area contributed by atoms with Crippen LogP contribution in [0.2, 0.25) is 0 Å². The summed E-state index contributed by atoms with van der Waals surface area (Å²) >= 11 is 1.88. The van der Waals surface area contributed by atoms with Gasteiger partial charge in [0.05, 0.1) is 6.61 Å². The number of methoxy groups -OCH3 is 1. The van der Waals surface area contributed by atoms with Crippen LogP contribution in [0.4, 0.5) is 5.69 Å². The van der Waals surface area contributed by atoms with Crippen LogP contribution in [0, 0.1) is 0 Å². The van der Waals surface area contributed by atoms with Gasteiger partial charge in [0.1, 0.15) is 5.75 Å². The average Bonchev–Trinajstić information content (AvgIpc) is 2.32. The first kappa shape index (κ1) is 14.2. The van der Waals surface area contributed by atoms with Crippen molar-refractivity contribution in [3.8, 4) is 5.75 Å². The maximum Gasteiger partial charge on any atom is 0.123 e. The van der Waals surface area contributed by atoms with Crippen LogP contribution >= 0.6 is 11.8 Å². The number of rotatable bonds is 8. The maximum absolute atomic E-state index is 5.79. The van der Waals surface area contributed by atoms with Gasteiger partial charge in [0.15, 0.2) is 0 Å². The van der Waals surface area contributed by atoms with E-state index in [-0.39, 0.29) is 0 Å². The lowest BCUT2D eigenvalue weighted by molar-refractivity contribution is 0.200. The quantitative estimate of drug-likeness (QED) is 0.573. The second kappa shape index (κ2) is 8.25. The highest BCUT2D eigenvalue weighted by atomic mass is 32.2. The van der Waals surface area contributed by atoms with Crippen LogP contribution in [0.1, 0.15) is 18.9 Å². The highest BCUT2D eigenvalue weighted by Crippen LogP contribution is 2.26. The van der Waals surface area contributed by atoms with Gasteiger partial charge in [0, 0.05) is 30.7 Å². The van der Waals surface area contributed by atoms with Gasteiger partial charge in [0.25, 0.3) is 0 Å². The Balaban J connectivity index is 2.47. The van der Waals surface area contributed by atoms with E-state index in [0.717, 1.165) is 36.0 Å². The molecule has 0 saturated heterocycles. The third-order valence-corrected chi connectivity index (χ3v) is 3.37. The fraction of sp³-hybridized carbons (Fsp3) is 0.538. The number of hydrogen-bond acceptors (Lipinski definition) is 4. The Kier molecular flexibility index (Phi) is 6.89. The van der Waals surface area contributed by atoms with Crippen molar-refractivity contribution < 1.29 is 9.47 Å². The Morgan fingerprint density at radius 2 is 2.18 bits per heavy atom. The SMILES string of the molecule is CCOc1ccc(N)cc1CSCCCOC. The lowest BCUT2D eigenvalue weighted by atomic mass is 10.2. The van der Waals surface area contributed by atoms with Crippen LogP contribution in [0.5, 0.6) is 5.75 Å². The first-order valence-electron chi connectivity index (χ1n) is 5.85. The van der Waals surface area contributed by atoms with E-state index in [9.17, 15) is 0 Å². The monoisotopic (exact) mass is 255 g/mol. The third-order valence-electron chi connectivity index (χ3n) is 2.28. The highest BCUT2D eigenvalue weighted by Gasteiger charge is 2.04. The molecule has 0 bridgehead atoms. The standard InChI is InChI=1S/C13H21NO2S/c1-3-16-13-6-5-12(14)9-11(13)10-17-8-4-7-15-2/h5-6,9H,3-4,7-8,10,14H2,1-2H3. The van der Waals surface area contributed by atoms with Crippen molar-refractivity contribution >= 4 is 17.4 Å². The van der Waals surface area contributed by atoms with E-state index in [0.29, 0.717) is 6.61 Å². The van der Waals surface area contributed by atoms with E-state index < -0.39 is 0 Å². The Hall–Kier alpha value is -0.870. The highest BCUT2D eigenvalue weighted by molar-refractivity contribution is 7.98. The summed E-state index contributed by atoms with van der Waals surface area (Å²) in [6, 6.07) is 5.82. The van der Waals surface area contributed by atoms with Gasteiger partial charge in [-0.05, 0) is 37.3 Å². The Bertz CT molecular complexity index is 331. The lowest BCUT2D eigenvalue weighted by Gasteiger charge is -2.10. The van der Waals surface area contributed by atoms with Crippen LogP contribution in [0.25, 0.3) is 0 Å². The molecular formula is C13H21NO2S. The van der Waals surface area contributed by atoms with Crippen molar-refractivity contribution in [1.29, 1.82) is 0 Å². The smallest absolute Gasteiger partial charge is 0.123 e. The molecule has 2 N–H and O–H groups in total. The summed E-state index contributed by atoms with van der Waals surface area (Å²) in [4.78, 5) is 0. The van der Waals surface area contributed by atoms with Gasteiger partial charge >= 0.3 is 0 Å². The number of ether oxygens (including phenoxy) is 2. The lowest BCUT2D eigenvalue weighted by Crippen LogP contribution is -1.98. The van der Waals surface area contributed by atoms with Crippen molar-refractivity contribution in [2.24, 2.45) is 0 Å². The van der Waals surface area contributed by atoms with Crippen LogP contribution in [0.15, 0.2) is 18.2 Å². The molecule has 0 atom stereocenters. The normalized spacial score (nSPS) is 10.5. The average molecular weight is 255 g/mol. The van der Waals surface area contributed by atoms with Crippen LogP contribution < -0.4 is 10.5 Å². The number of benzene rings is 1. The van der Waals surface area contributed by atoms with Crippen LogP contribution in [0.3, 0.4) is 0 Å². The molecule has 0 amide bonds. The van der Waals surface area contributed by atoms with E-state index in [1.165, 1.54) is 5.56 Å². The summed E-state index contributed by atoms with van der Waals surface area (Å²) in [5.74, 6) is 2.97. The number of thioether (sulfide) groups is 1. The number of nitrogens with two attached hydrogens (primary N) is 1. The first-order valence-corrected chi connectivity index (χ1v) is 7.01. The van der Waals surface area contributed by atoms with Crippen molar-refractivity contribution in [2.75, 3.05) is 31.8 Å². The summed E-state index contributed by atoms with van der Waals surface area (Å²) in [5.41, 5.74) is 7.76. The summed E-state index contributed by atoms with van der Waals surface area (Å²) in [6.45, 7) is 3.50. The molecule has 4 heteroatoms. The minimum atomic E-state index is 0.686. The van der Waals surface area contributed by atoms with Crippen molar-refractivity contribution in [2.45, 2.75) is 19.1 Å². The van der Waals surface area contributed by atoms with Gasteiger partial charge in [0.2, 0.25) is 0 Å². The largest absolute Gasteiger partial charge is 0.494 e. The molecule has 3 nitrogen and oxygen atoms in total. The molecule has 1 rings (SSSR count). The van der Waals surface area contributed by atoms with E-state index in [1.807, 2.05) is 36.9 Å². The van der Waals surface area contributed by atoms with Crippen molar-refractivity contribution in [1.82, 2.24) is 0 Å². The van der Waals surface area contributed by atoms with Crippen LogP contribution in [-0.2, 0) is 10.5 Å². The second-order valence-electron chi connectivity index (χ2n) is 3.70. The zero-order valence-corrected chi connectivity index (χ0v) is 11.4. The Morgan fingerprint density at radius 3 is 2.88 bits per heavy atom. The van der Waals surface area contributed by atoms with Gasteiger partial charge < -0.3 is 15.2 Å². The van der Waals surface area contributed by atoms with Crippen molar-refractivity contribution in [3.63, 3.8) is 0 Å². The molecule has 0 aliphatic rings. The number of hydrogen-bond donors (Lipinski definition) is 1. The first-order chi connectivity index (χ1) is 8.27. The fourth-order valence-electron chi connectivity index (χ4n) is 1.50. The predicted octanol–water partition coefficient (Wildman–Crippen LogP) is 2.94. The minimum absolute atomic E-state index is 0.686. The summed E-state index contributed by atoms with van der Waals surface area (Å²) < 4.78 is 10.6. The molecule has 0 aliphatic carbocycles. The summed E-state index contributed by atoms with van der Waals surface area (Å²) in [7, 11) is 1.73. The molecule has 0 aromatic heterocycles. The molecule has 0 heterocycles. The molecular weight excluding hydrogens is 234 g/mol. The fourth-order valence-corrected chi connectivity index (χ4v) is 2.41. The van der Waals surface area contributed by atoms with Crippen LogP contribution in [-0.4, -0.2) is 26.1 Å². The van der Waals surface area contributed by atoms with Gasteiger partial charge in [-0.2, -0.15) is 11.8 Å². The van der Waals surface area contributed by atoms with Gasteiger partial charge in [-0.1, -0.05) is 0 Å². The number of anilines is 1. The molecule has 0 radical (unpaired) electrons. The molecule has 96 valence electrons.